The average Bonchev–Trinajstić information content (AvgIpc) is 2.43. The summed E-state index contributed by atoms with van der Waals surface area (Å²) in [6, 6.07) is 0.227. The lowest BCUT2D eigenvalue weighted by atomic mass is 9.84. The van der Waals surface area contributed by atoms with E-state index in [2.05, 4.69) is 13.8 Å². The molecule has 5 heteroatoms. The lowest BCUT2D eigenvalue weighted by Crippen LogP contribution is -2.54. The fourth-order valence-electron chi connectivity index (χ4n) is 3.61. The van der Waals surface area contributed by atoms with Crippen molar-refractivity contribution in [3.05, 3.63) is 0 Å². The zero-order valence-corrected chi connectivity index (χ0v) is 13.3. The van der Waals surface area contributed by atoms with Crippen LogP contribution < -0.4 is 0 Å². The van der Waals surface area contributed by atoms with E-state index in [4.69, 9.17) is 5.11 Å². The molecule has 0 spiro atoms. The Morgan fingerprint density at radius 2 is 1.95 bits per heavy atom. The molecule has 21 heavy (non-hydrogen) atoms. The van der Waals surface area contributed by atoms with Gasteiger partial charge in [-0.25, -0.2) is 4.79 Å². The summed E-state index contributed by atoms with van der Waals surface area (Å²) in [5.74, 6) is -0.771. The van der Waals surface area contributed by atoms with Crippen LogP contribution in [0.1, 0.15) is 58.8 Å². The Morgan fingerprint density at radius 3 is 2.62 bits per heavy atom. The number of carboxylic acid groups (broad SMARTS) is 1. The number of carboxylic acids is 1. The van der Waals surface area contributed by atoms with E-state index in [1.165, 1.54) is 6.42 Å². The number of urea groups is 1. The highest BCUT2D eigenvalue weighted by atomic mass is 16.4. The molecule has 2 saturated heterocycles. The lowest BCUT2D eigenvalue weighted by Gasteiger charge is -2.43. The molecule has 2 fully saturated rings. The summed E-state index contributed by atoms with van der Waals surface area (Å²) in [6.07, 6.45) is 6.03. The van der Waals surface area contributed by atoms with Crippen LogP contribution in [0, 0.1) is 5.41 Å². The monoisotopic (exact) mass is 296 g/mol. The van der Waals surface area contributed by atoms with Gasteiger partial charge in [0.05, 0.1) is 0 Å². The molecule has 2 aliphatic rings. The van der Waals surface area contributed by atoms with Crippen LogP contribution in [0.25, 0.3) is 0 Å². The fourth-order valence-corrected chi connectivity index (χ4v) is 3.61. The van der Waals surface area contributed by atoms with Crippen molar-refractivity contribution in [3.63, 3.8) is 0 Å². The first-order valence-corrected chi connectivity index (χ1v) is 8.16. The summed E-state index contributed by atoms with van der Waals surface area (Å²) >= 11 is 0. The molecule has 2 aliphatic heterocycles. The zero-order chi connectivity index (χ0) is 15.5. The first-order chi connectivity index (χ1) is 9.89. The van der Waals surface area contributed by atoms with Crippen molar-refractivity contribution in [2.75, 3.05) is 19.6 Å². The zero-order valence-electron chi connectivity index (χ0n) is 13.3. The van der Waals surface area contributed by atoms with Gasteiger partial charge in [0, 0.05) is 32.1 Å². The van der Waals surface area contributed by atoms with E-state index in [0.717, 1.165) is 45.3 Å². The van der Waals surface area contributed by atoms with E-state index in [1.54, 1.807) is 0 Å². The summed E-state index contributed by atoms with van der Waals surface area (Å²) in [5.41, 5.74) is 0.195. The molecule has 0 aromatic carbocycles. The van der Waals surface area contributed by atoms with Crippen molar-refractivity contribution < 1.29 is 14.7 Å². The largest absolute Gasteiger partial charge is 0.481 e. The van der Waals surface area contributed by atoms with Crippen molar-refractivity contribution in [1.29, 1.82) is 0 Å². The minimum atomic E-state index is -0.771. The second kappa shape index (κ2) is 6.67. The van der Waals surface area contributed by atoms with Crippen LogP contribution in [-0.4, -0.2) is 52.6 Å². The Morgan fingerprint density at radius 1 is 1.19 bits per heavy atom. The van der Waals surface area contributed by atoms with Crippen LogP contribution in [0.2, 0.25) is 0 Å². The Kier molecular flexibility index (Phi) is 5.12. The maximum Gasteiger partial charge on any atom is 0.320 e. The van der Waals surface area contributed by atoms with Gasteiger partial charge in [-0.15, -0.1) is 0 Å². The van der Waals surface area contributed by atoms with E-state index in [-0.39, 0.29) is 23.9 Å². The first-order valence-electron chi connectivity index (χ1n) is 8.16. The highest BCUT2D eigenvalue weighted by Gasteiger charge is 2.34. The third-order valence-corrected chi connectivity index (χ3v) is 4.74. The fraction of sp³-hybridized carbons (Fsp3) is 0.875. The van der Waals surface area contributed by atoms with E-state index < -0.39 is 5.97 Å². The smallest absolute Gasteiger partial charge is 0.320 e. The van der Waals surface area contributed by atoms with Crippen molar-refractivity contribution in [3.8, 4) is 0 Å². The number of amides is 2. The van der Waals surface area contributed by atoms with Gasteiger partial charge in [-0.1, -0.05) is 13.8 Å². The number of piperidine rings is 2. The summed E-state index contributed by atoms with van der Waals surface area (Å²) in [6.45, 7) is 6.85. The molecule has 2 amide bonds. The molecule has 2 heterocycles. The number of carbonyl (C=O) groups excluding carboxylic acids is 1. The molecule has 120 valence electrons. The molecule has 2 rings (SSSR count). The second-order valence-electron chi connectivity index (χ2n) is 7.25. The number of hydrogen-bond acceptors (Lipinski definition) is 2. The molecule has 5 nitrogen and oxygen atoms in total. The topological polar surface area (TPSA) is 60.9 Å². The van der Waals surface area contributed by atoms with E-state index >= 15 is 0 Å². The maximum absolute atomic E-state index is 12.8. The lowest BCUT2D eigenvalue weighted by molar-refractivity contribution is -0.137. The Labute approximate surface area is 127 Å². The first kappa shape index (κ1) is 16.1. The molecule has 0 radical (unpaired) electrons. The molecule has 0 saturated carbocycles. The summed E-state index contributed by atoms with van der Waals surface area (Å²) in [5, 5.41) is 8.87. The van der Waals surface area contributed by atoms with Crippen molar-refractivity contribution in [2.24, 2.45) is 5.41 Å². The Hall–Kier alpha value is -1.26. The van der Waals surface area contributed by atoms with E-state index in [9.17, 15) is 9.59 Å². The number of aliphatic carboxylic acids is 1. The van der Waals surface area contributed by atoms with Gasteiger partial charge in [0.15, 0.2) is 0 Å². The van der Waals surface area contributed by atoms with Gasteiger partial charge in [-0.3, -0.25) is 4.79 Å². The highest BCUT2D eigenvalue weighted by molar-refractivity contribution is 5.75. The third kappa shape index (κ3) is 4.35. The van der Waals surface area contributed by atoms with Crippen LogP contribution in [0.3, 0.4) is 0 Å². The summed E-state index contributed by atoms with van der Waals surface area (Å²) in [4.78, 5) is 27.5. The van der Waals surface area contributed by atoms with Crippen LogP contribution in [0.15, 0.2) is 0 Å². The Bertz CT molecular complexity index is 395. The van der Waals surface area contributed by atoms with Gasteiger partial charge >= 0.3 is 12.0 Å². The third-order valence-electron chi connectivity index (χ3n) is 4.74. The maximum atomic E-state index is 12.8. The molecule has 0 aliphatic carbocycles. The van der Waals surface area contributed by atoms with Crippen molar-refractivity contribution >= 4 is 12.0 Å². The SMILES string of the molecule is CC1(C)CCCN(C(=O)N2CCCCC2CCC(=O)O)C1. The summed E-state index contributed by atoms with van der Waals surface area (Å²) < 4.78 is 0. The number of carbonyl (C=O) groups is 2. The van der Waals surface area contributed by atoms with Gasteiger partial charge in [-0.05, 0) is 43.9 Å². The molecule has 0 aromatic rings. The number of rotatable bonds is 3. The molecule has 1 N–H and O–H groups in total. The summed E-state index contributed by atoms with van der Waals surface area (Å²) in [7, 11) is 0. The normalized spacial score (nSPS) is 25.7. The molecule has 1 atom stereocenters. The average molecular weight is 296 g/mol. The second-order valence-corrected chi connectivity index (χ2v) is 7.25. The molecule has 0 bridgehead atoms. The number of nitrogens with zero attached hydrogens (tertiary/aromatic N) is 2. The predicted octanol–water partition coefficient (Wildman–Crippen LogP) is 2.95. The molecular formula is C16H28N2O3. The number of hydrogen-bond donors (Lipinski definition) is 1. The van der Waals surface area contributed by atoms with Gasteiger partial charge in [0.1, 0.15) is 0 Å². The highest BCUT2D eigenvalue weighted by Crippen LogP contribution is 2.30. The predicted molar refractivity (Wildman–Crippen MR) is 81.2 cm³/mol. The van der Waals surface area contributed by atoms with Crippen LogP contribution >= 0.6 is 0 Å². The van der Waals surface area contributed by atoms with Crippen molar-refractivity contribution in [2.45, 2.75) is 64.8 Å². The standard InChI is InChI=1S/C16H28N2O3/c1-16(2)9-5-10-17(12-16)15(21)18-11-4-3-6-13(18)7-8-14(19)20/h13H,3-12H2,1-2H3,(H,19,20). The van der Waals surface area contributed by atoms with Gasteiger partial charge in [0.2, 0.25) is 0 Å². The van der Waals surface area contributed by atoms with Crippen LogP contribution in [0.5, 0.6) is 0 Å². The van der Waals surface area contributed by atoms with E-state index in [0.29, 0.717) is 6.42 Å². The molecule has 0 aromatic heterocycles. The quantitative estimate of drug-likeness (QED) is 0.871. The number of likely N-dealkylation sites (tertiary alicyclic amines) is 2. The minimum absolute atomic E-state index is 0.104. The Balaban J connectivity index is 1.99. The van der Waals surface area contributed by atoms with Gasteiger partial charge < -0.3 is 14.9 Å². The minimum Gasteiger partial charge on any atom is -0.481 e. The van der Waals surface area contributed by atoms with Crippen LogP contribution in [-0.2, 0) is 4.79 Å². The molecular weight excluding hydrogens is 268 g/mol. The molecule has 1 unspecified atom stereocenters. The van der Waals surface area contributed by atoms with Gasteiger partial charge in [0.25, 0.3) is 0 Å². The van der Waals surface area contributed by atoms with Crippen molar-refractivity contribution in [1.82, 2.24) is 9.80 Å². The van der Waals surface area contributed by atoms with E-state index in [1.807, 2.05) is 9.80 Å². The van der Waals surface area contributed by atoms with Crippen LogP contribution in [0.4, 0.5) is 4.79 Å². The van der Waals surface area contributed by atoms with Gasteiger partial charge in [-0.2, -0.15) is 0 Å².